The molecule has 0 aliphatic rings. The summed E-state index contributed by atoms with van der Waals surface area (Å²) in [6, 6.07) is 16.0. The highest BCUT2D eigenvalue weighted by atomic mass is 16.2. The first-order valence-electron chi connectivity index (χ1n) is 11.9. The maximum absolute atomic E-state index is 12.0. The van der Waals surface area contributed by atoms with Crippen molar-refractivity contribution in [2.45, 2.75) is 65.5 Å². The largest absolute Gasteiger partial charge is 0.326 e. The van der Waals surface area contributed by atoms with Crippen LogP contribution in [0.2, 0.25) is 0 Å². The molecular weight excluding hydrogens is 412 g/mol. The Morgan fingerprint density at radius 2 is 1.42 bits per heavy atom. The second-order valence-corrected chi connectivity index (χ2v) is 8.46. The van der Waals surface area contributed by atoms with Crippen LogP contribution in [-0.2, 0) is 22.7 Å². The van der Waals surface area contributed by atoms with E-state index in [-0.39, 0.29) is 11.8 Å². The molecule has 2 N–H and O–H groups in total. The van der Waals surface area contributed by atoms with Crippen molar-refractivity contribution in [2.24, 2.45) is 0 Å². The standard InChI is InChI=1S/C27H34N4O2/c1-3-5-13-26(32)28-24-11-7-9-22(17-24)19-30-15-16-31(21-30)20-23-10-8-12-25(18-23)29-27(33)14-6-4-2/h7-12,15-18,21H,3-6,13-14,19-20H2,1-2H3,(H-,28,29,32,33)/p+1. The zero-order valence-electron chi connectivity index (χ0n) is 19.7. The second-order valence-electron chi connectivity index (χ2n) is 8.46. The van der Waals surface area contributed by atoms with Crippen LogP contribution in [0.4, 0.5) is 11.4 Å². The van der Waals surface area contributed by atoms with Crippen molar-refractivity contribution >= 4 is 23.2 Å². The first-order chi connectivity index (χ1) is 16.1. The minimum Gasteiger partial charge on any atom is -0.326 e. The first-order valence-corrected chi connectivity index (χ1v) is 11.9. The molecule has 0 unspecified atom stereocenters. The van der Waals surface area contributed by atoms with Gasteiger partial charge in [-0.25, -0.2) is 9.13 Å². The number of carbonyl (C=O) groups excluding carboxylic acids is 2. The third kappa shape index (κ3) is 8.22. The van der Waals surface area contributed by atoms with Crippen LogP contribution >= 0.6 is 0 Å². The maximum atomic E-state index is 12.0. The highest BCUT2D eigenvalue weighted by molar-refractivity contribution is 5.91. The van der Waals surface area contributed by atoms with E-state index in [1.807, 2.05) is 48.8 Å². The van der Waals surface area contributed by atoms with Gasteiger partial charge in [0, 0.05) is 24.2 Å². The molecule has 0 atom stereocenters. The van der Waals surface area contributed by atoms with Crippen LogP contribution in [0.25, 0.3) is 0 Å². The van der Waals surface area contributed by atoms with Crippen LogP contribution in [0.15, 0.2) is 67.3 Å². The van der Waals surface area contributed by atoms with Gasteiger partial charge in [-0.15, -0.1) is 0 Å². The number of nitrogens with zero attached hydrogens (tertiary/aromatic N) is 2. The molecule has 33 heavy (non-hydrogen) atoms. The van der Waals surface area contributed by atoms with Gasteiger partial charge >= 0.3 is 0 Å². The summed E-state index contributed by atoms with van der Waals surface area (Å²) in [6.07, 6.45) is 11.1. The molecule has 0 spiro atoms. The number of hydrogen-bond acceptors (Lipinski definition) is 2. The average Bonchev–Trinajstić information content (AvgIpc) is 3.23. The van der Waals surface area contributed by atoms with Crippen molar-refractivity contribution in [3.63, 3.8) is 0 Å². The van der Waals surface area contributed by atoms with Gasteiger partial charge in [-0.05, 0) is 48.2 Å². The fourth-order valence-electron chi connectivity index (χ4n) is 3.66. The van der Waals surface area contributed by atoms with Crippen molar-refractivity contribution in [3.05, 3.63) is 78.4 Å². The molecule has 0 saturated heterocycles. The van der Waals surface area contributed by atoms with Gasteiger partial charge in [0.1, 0.15) is 25.5 Å². The lowest BCUT2D eigenvalue weighted by atomic mass is 10.2. The second kappa shape index (κ2) is 12.6. The molecule has 1 aromatic heterocycles. The molecule has 0 aliphatic heterocycles. The number of anilines is 2. The van der Waals surface area contributed by atoms with E-state index in [9.17, 15) is 9.59 Å². The van der Waals surface area contributed by atoms with E-state index in [2.05, 4.69) is 52.1 Å². The summed E-state index contributed by atoms with van der Waals surface area (Å²) in [5, 5.41) is 5.97. The zero-order chi connectivity index (χ0) is 23.5. The van der Waals surface area contributed by atoms with Crippen LogP contribution in [-0.4, -0.2) is 16.4 Å². The molecule has 2 aromatic carbocycles. The van der Waals surface area contributed by atoms with Gasteiger partial charge in [0.25, 0.3) is 0 Å². The topological polar surface area (TPSA) is 67.0 Å². The van der Waals surface area contributed by atoms with E-state index < -0.39 is 0 Å². The predicted molar refractivity (Wildman–Crippen MR) is 132 cm³/mol. The Bertz CT molecular complexity index is 976. The van der Waals surface area contributed by atoms with Crippen molar-refractivity contribution in [1.29, 1.82) is 0 Å². The highest BCUT2D eigenvalue weighted by Crippen LogP contribution is 2.14. The Morgan fingerprint density at radius 3 is 2.03 bits per heavy atom. The van der Waals surface area contributed by atoms with E-state index in [0.29, 0.717) is 12.8 Å². The molecule has 0 fully saturated rings. The van der Waals surface area contributed by atoms with E-state index in [0.717, 1.165) is 61.3 Å². The average molecular weight is 448 g/mol. The van der Waals surface area contributed by atoms with Crippen molar-refractivity contribution in [1.82, 2.24) is 4.57 Å². The third-order valence-corrected chi connectivity index (χ3v) is 5.41. The van der Waals surface area contributed by atoms with Crippen LogP contribution in [0, 0.1) is 0 Å². The molecule has 6 nitrogen and oxygen atoms in total. The van der Waals surface area contributed by atoms with Crippen LogP contribution in [0.3, 0.4) is 0 Å². The molecule has 3 aromatic rings. The predicted octanol–water partition coefficient (Wildman–Crippen LogP) is 5.13. The molecule has 3 rings (SSSR count). The molecule has 6 heteroatoms. The summed E-state index contributed by atoms with van der Waals surface area (Å²) in [7, 11) is 0. The molecule has 2 amide bonds. The summed E-state index contributed by atoms with van der Waals surface area (Å²) in [5.41, 5.74) is 3.93. The van der Waals surface area contributed by atoms with Gasteiger partial charge in [0.05, 0.1) is 0 Å². The van der Waals surface area contributed by atoms with E-state index in [1.54, 1.807) is 0 Å². The maximum Gasteiger partial charge on any atom is 0.244 e. The summed E-state index contributed by atoms with van der Waals surface area (Å²) >= 11 is 0. The molecule has 0 saturated carbocycles. The van der Waals surface area contributed by atoms with Gasteiger partial charge in [-0.1, -0.05) is 51.0 Å². The number of hydrogen-bond donors (Lipinski definition) is 2. The zero-order valence-corrected chi connectivity index (χ0v) is 19.7. The van der Waals surface area contributed by atoms with Crippen molar-refractivity contribution in [3.8, 4) is 0 Å². The fraction of sp³-hybridized carbons (Fsp3) is 0.370. The minimum absolute atomic E-state index is 0.0663. The van der Waals surface area contributed by atoms with Crippen LogP contribution in [0.1, 0.15) is 63.5 Å². The number of rotatable bonds is 12. The number of benzene rings is 2. The Labute approximate surface area is 196 Å². The van der Waals surface area contributed by atoms with Gasteiger partial charge in [-0.2, -0.15) is 0 Å². The first kappa shape index (κ1) is 24.2. The Morgan fingerprint density at radius 1 is 0.848 bits per heavy atom. The van der Waals surface area contributed by atoms with E-state index in [1.165, 1.54) is 0 Å². The summed E-state index contributed by atoms with van der Waals surface area (Å²) in [6.45, 7) is 5.61. The Hall–Kier alpha value is -3.41. The lowest BCUT2D eigenvalue weighted by molar-refractivity contribution is -0.687. The smallest absolute Gasteiger partial charge is 0.244 e. The quantitative estimate of drug-likeness (QED) is 0.378. The molecule has 0 aliphatic carbocycles. The normalized spacial score (nSPS) is 10.7. The summed E-state index contributed by atoms with van der Waals surface area (Å²) in [5.74, 6) is 0.133. The SMILES string of the molecule is CCCCC(=O)Nc1cccc(Cn2cc[n+](Cc3cccc(NC(=O)CCCC)c3)c2)c1. The van der Waals surface area contributed by atoms with Gasteiger partial charge in [0.2, 0.25) is 18.1 Å². The highest BCUT2D eigenvalue weighted by Gasteiger charge is 2.09. The summed E-state index contributed by atoms with van der Waals surface area (Å²) in [4.78, 5) is 24.0. The third-order valence-electron chi connectivity index (χ3n) is 5.41. The fourth-order valence-corrected chi connectivity index (χ4v) is 3.66. The summed E-state index contributed by atoms with van der Waals surface area (Å²) < 4.78 is 4.24. The number of unbranched alkanes of at least 4 members (excludes halogenated alkanes) is 2. The Balaban J connectivity index is 1.57. The molecule has 0 radical (unpaired) electrons. The van der Waals surface area contributed by atoms with Gasteiger partial charge in [0.15, 0.2) is 0 Å². The van der Waals surface area contributed by atoms with Gasteiger partial charge in [-0.3, -0.25) is 9.59 Å². The number of aromatic nitrogens is 2. The van der Waals surface area contributed by atoms with Crippen molar-refractivity contribution < 1.29 is 14.2 Å². The van der Waals surface area contributed by atoms with E-state index >= 15 is 0 Å². The number of carbonyl (C=O) groups is 2. The number of imidazole rings is 1. The van der Waals surface area contributed by atoms with Crippen molar-refractivity contribution in [2.75, 3.05) is 10.6 Å². The van der Waals surface area contributed by atoms with Crippen LogP contribution in [0.5, 0.6) is 0 Å². The Kier molecular flexibility index (Phi) is 9.24. The lowest BCUT2D eigenvalue weighted by Gasteiger charge is -2.07. The monoisotopic (exact) mass is 447 g/mol. The number of nitrogens with one attached hydrogen (secondary N) is 2. The number of amides is 2. The molecule has 0 bridgehead atoms. The molecular formula is C27H35N4O2+. The minimum atomic E-state index is 0.0663. The van der Waals surface area contributed by atoms with E-state index in [4.69, 9.17) is 0 Å². The lowest BCUT2D eigenvalue weighted by Crippen LogP contribution is -2.31. The van der Waals surface area contributed by atoms with Gasteiger partial charge < -0.3 is 10.6 Å². The molecule has 1 heterocycles. The molecule has 174 valence electrons. The van der Waals surface area contributed by atoms with Crippen LogP contribution < -0.4 is 15.2 Å².